The molecule has 0 aromatic rings. The van der Waals surface area contributed by atoms with Gasteiger partial charge in [-0.1, -0.05) is 11.6 Å². The van der Waals surface area contributed by atoms with Crippen LogP contribution in [-0.2, 0) is 15.1 Å². The molecule has 0 fully saturated rings. The molecule has 0 aromatic heterocycles. The molecule has 0 atom stereocenters. The van der Waals surface area contributed by atoms with Crippen molar-refractivity contribution in [2.24, 2.45) is 0 Å². The van der Waals surface area contributed by atoms with Gasteiger partial charge in [0.1, 0.15) is 6.07 Å². The first kappa shape index (κ1) is 11.9. The summed E-state index contributed by atoms with van der Waals surface area (Å²) in [4.78, 5) is 0. The average molecular weight is 179 g/mol. The maximum Gasteiger partial charge on any atom is 0.394 e. The molecule has 9 heavy (non-hydrogen) atoms. The molecule has 5 nitrogen and oxygen atoms in total. The molecular weight excluding hydrogens is 172 g/mol. The van der Waals surface area contributed by atoms with Gasteiger partial charge in [0, 0.05) is 7.11 Å². The van der Waals surface area contributed by atoms with E-state index in [-0.39, 0.29) is 0 Å². The zero-order valence-electron chi connectivity index (χ0n) is 4.61. The van der Waals surface area contributed by atoms with Crippen LogP contribution in [0.5, 0.6) is 0 Å². The molecule has 0 amide bonds. The molecule has 0 aliphatic rings. The number of hydrogen-bond donors (Lipinski definition) is 2. The molecule has 0 aromatic carbocycles. The van der Waals surface area contributed by atoms with E-state index in [1.165, 1.54) is 0 Å². The van der Waals surface area contributed by atoms with Gasteiger partial charge in [-0.25, -0.2) is 0 Å². The van der Waals surface area contributed by atoms with Crippen molar-refractivity contribution >= 4 is 22.0 Å². The van der Waals surface area contributed by atoms with E-state index in [1.807, 2.05) is 0 Å². The smallest absolute Gasteiger partial charge is 0.369 e. The topological polar surface area (TPSA) is 83.8 Å². The molecule has 2 N–H and O–H groups in total. The van der Waals surface area contributed by atoms with E-state index in [1.54, 1.807) is 7.11 Å². The summed E-state index contributed by atoms with van der Waals surface area (Å²) in [6.45, 7) is 0. The lowest BCUT2D eigenvalue weighted by molar-refractivity contribution is 0.254. The number of alkyl halides is 1. The van der Waals surface area contributed by atoms with Crippen LogP contribution in [0.3, 0.4) is 0 Å². The number of rotatable bonds is 1. The van der Waals surface area contributed by atoms with Gasteiger partial charge < -0.3 is 4.74 Å². The third-order valence-electron chi connectivity index (χ3n) is 0.109. The first-order valence-corrected chi connectivity index (χ1v) is 3.59. The molecule has 0 aliphatic carbocycles. The molecule has 0 bridgehead atoms. The van der Waals surface area contributed by atoms with E-state index in [0.29, 0.717) is 6.07 Å². The maximum atomic E-state index is 8.74. The van der Waals surface area contributed by atoms with Crippen molar-refractivity contribution < 1.29 is 22.3 Å². The Labute approximate surface area is 58.2 Å². The fraction of sp³-hybridized carbons (Fsp3) is 1.00. The summed E-state index contributed by atoms with van der Waals surface area (Å²) in [6, 6.07) is 0.292. The molecule has 0 radical (unpaired) electrons. The summed E-state index contributed by atoms with van der Waals surface area (Å²) in [5.74, 6) is 0. The van der Waals surface area contributed by atoms with E-state index in [0.717, 1.165) is 0 Å². The molecule has 0 unspecified atom stereocenters. The van der Waals surface area contributed by atoms with Crippen LogP contribution in [0, 0.1) is 0 Å². The monoisotopic (exact) mass is 178 g/mol. The van der Waals surface area contributed by atoms with E-state index >= 15 is 0 Å². The predicted octanol–water partition coefficient (Wildman–Crippen LogP) is 0.176. The van der Waals surface area contributed by atoms with Crippen molar-refractivity contribution in [2.75, 3.05) is 13.2 Å². The second kappa shape index (κ2) is 6.24. The van der Waals surface area contributed by atoms with Crippen LogP contribution >= 0.6 is 11.6 Å². The Bertz CT molecular complexity index is 118. The van der Waals surface area contributed by atoms with Crippen LogP contribution in [0.1, 0.15) is 0 Å². The fourth-order valence-electron chi connectivity index (χ4n) is 0. The Morgan fingerprint density at radius 1 is 1.56 bits per heavy atom. The Morgan fingerprint density at radius 2 is 1.67 bits per heavy atom. The second-order valence-corrected chi connectivity index (χ2v) is 1.96. The third kappa shape index (κ3) is 242. The highest BCUT2D eigenvalue weighted by molar-refractivity contribution is 7.79. The zero-order valence-corrected chi connectivity index (χ0v) is 6.18. The van der Waals surface area contributed by atoms with Crippen LogP contribution in [-0.4, -0.2) is 30.7 Å². The summed E-state index contributed by atoms with van der Waals surface area (Å²) < 4.78 is 35.9. The van der Waals surface area contributed by atoms with Crippen LogP contribution in [0.4, 0.5) is 0 Å². The van der Waals surface area contributed by atoms with Gasteiger partial charge in [-0.2, -0.15) is 8.42 Å². The van der Waals surface area contributed by atoms with Gasteiger partial charge >= 0.3 is 10.4 Å². The zero-order chi connectivity index (χ0) is 7.91. The van der Waals surface area contributed by atoms with Gasteiger partial charge in [0.15, 0.2) is 0 Å². The first-order chi connectivity index (χ1) is 3.91. The van der Waals surface area contributed by atoms with Crippen molar-refractivity contribution in [3.05, 3.63) is 0 Å². The lowest BCUT2D eigenvalue weighted by Gasteiger charge is -1.74. The van der Waals surface area contributed by atoms with Gasteiger partial charge in [0.2, 0.25) is 0 Å². The highest BCUT2D eigenvalue weighted by Crippen LogP contribution is 1.66. The molecule has 0 rings (SSSR count). The molecular formula is C2H7ClO5S. The summed E-state index contributed by atoms with van der Waals surface area (Å²) in [5.41, 5.74) is 0. The third-order valence-corrected chi connectivity index (χ3v) is 0.327. The van der Waals surface area contributed by atoms with E-state index in [2.05, 4.69) is 4.74 Å². The van der Waals surface area contributed by atoms with Crippen molar-refractivity contribution in [1.29, 1.82) is 0 Å². The molecule has 0 aliphatic heterocycles. The lowest BCUT2D eigenvalue weighted by Crippen LogP contribution is -1.89. The standard InChI is InChI=1S/C2H5ClO.H2O4S/c1-4-2-3;1-5(2,3)4/h2H2,1H3;(H2,1,2,3,4). The summed E-state index contributed by atoms with van der Waals surface area (Å²) in [7, 11) is -3.12. The minimum atomic E-state index is -4.67. The van der Waals surface area contributed by atoms with Crippen molar-refractivity contribution in [3.8, 4) is 0 Å². The molecule has 7 heteroatoms. The normalized spacial score (nSPS) is 9.78. The summed E-state index contributed by atoms with van der Waals surface area (Å²) in [6.07, 6.45) is 0. The van der Waals surface area contributed by atoms with Crippen molar-refractivity contribution in [3.63, 3.8) is 0 Å². The Hall–Kier alpha value is 0.120. The van der Waals surface area contributed by atoms with Gasteiger partial charge in [-0.15, -0.1) is 0 Å². The molecule has 58 valence electrons. The summed E-state index contributed by atoms with van der Waals surface area (Å²) >= 11 is 4.96. The van der Waals surface area contributed by atoms with Gasteiger partial charge in [-0.3, -0.25) is 9.11 Å². The van der Waals surface area contributed by atoms with Crippen molar-refractivity contribution in [1.82, 2.24) is 0 Å². The average Bonchev–Trinajstić information content (AvgIpc) is 1.61. The van der Waals surface area contributed by atoms with Gasteiger partial charge in [-0.05, 0) is 0 Å². The molecule has 0 heterocycles. The quantitative estimate of drug-likeness (QED) is 0.442. The Kier molecular flexibility index (Phi) is 8.23. The fourth-order valence-corrected chi connectivity index (χ4v) is 0. The predicted molar refractivity (Wildman–Crippen MR) is 31.9 cm³/mol. The van der Waals surface area contributed by atoms with Crippen LogP contribution in [0.25, 0.3) is 0 Å². The number of halogens is 1. The highest BCUT2D eigenvalue weighted by atomic mass is 35.5. The molecule has 0 saturated heterocycles. The van der Waals surface area contributed by atoms with E-state index in [4.69, 9.17) is 29.1 Å². The van der Waals surface area contributed by atoms with E-state index < -0.39 is 10.4 Å². The molecule has 0 spiro atoms. The highest BCUT2D eigenvalue weighted by Gasteiger charge is 1.84. The molecule has 0 saturated carbocycles. The second-order valence-electron chi connectivity index (χ2n) is 0.846. The minimum absolute atomic E-state index is 0.292. The van der Waals surface area contributed by atoms with Crippen LogP contribution < -0.4 is 0 Å². The van der Waals surface area contributed by atoms with Crippen LogP contribution in [0.2, 0.25) is 0 Å². The lowest BCUT2D eigenvalue weighted by atomic mass is 11.5. The maximum absolute atomic E-state index is 8.74. The SMILES string of the molecule is COCCl.O=S(=O)(O)O. The van der Waals surface area contributed by atoms with Gasteiger partial charge in [0.05, 0.1) is 0 Å². The minimum Gasteiger partial charge on any atom is -0.369 e. The van der Waals surface area contributed by atoms with Crippen LogP contribution in [0.15, 0.2) is 0 Å². The number of methoxy groups -OCH3 is 1. The van der Waals surface area contributed by atoms with Gasteiger partial charge in [0.25, 0.3) is 0 Å². The van der Waals surface area contributed by atoms with E-state index in [9.17, 15) is 0 Å². The summed E-state index contributed by atoms with van der Waals surface area (Å²) in [5, 5.41) is 0. The Balaban J connectivity index is 0. The van der Waals surface area contributed by atoms with Crippen molar-refractivity contribution in [2.45, 2.75) is 0 Å². The Morgan fingerprint density at radius 3 is 1.67 bits per heavy atom. The first-order valence-electron chi connectivity index (χ1n) is 1.66. The largest absolute Gasteiger partial charge is 0.394 e. The number of ether oxygens (including phenoxy) is 1. The number of hydrogen-bond acceptors (Lipinski definition) is 3.